The normalized spacial score (nSPS) is 20.4. The Morgan fingerprint density at radius 2 is 2.50 bits per heavy atom. The molecule has 0 fully saturated rings. The highest BCUT2D eigenvalue weighted by Gasteiger charge is 2.08. The molecule has 0 aromatic heterocycles. The molecule has 0 aromatic carbocycles. The van der Waals surface area contributed by atoms with E-state index in [1.807, 2.05) is 12.2 Å². The Morgan fingerprint density at radius 1 is 1.70 bits per heavy atom. The molecule has 0 heterocycles. The third-order valence-electron chi connectivity index (χ3n) is 1.70. The molecule has 0 amide bonds. The number of hydrogen-bond acceptors (Lipinski definition) is 2. The first kappa shape index (κ1) is 7.51. The van der Waals surface area contributed by atoms with Crippen LogP contribution < -0.4 is 5.73 Å². The van der Waals surface area contributed by atoms with Gasteiger partial charge in [-0.05, 0) is 18.4 Å². The van der Waals surface area contributed by atoms with Crippen molar-refractivity contribution >= 4 is 0 Å². The summed E-state index contributed by atoms with van der Waals surface area (Å²) in [7, 11) is 0. The molecule has 1 aliphatic carbocycles. The highest BCUT2D eigenvalue weighted by Crippen LogP contribution is 2.14. The second kappa shape index (κ2) is 3.54. The molecule has 56 valence electrons. The molecule has 0 spiro atoms. The van der Waals surface area contributed by atoms with Gasteiger partial charge in [0.1, 0.15) is 0 Å². The highest BCUT2D eigenvalue weighted by atomic mass is 16.3. The summed E-state index contributed by atoms with van der Waals surface area (Å²) >= 11 is 0. The minimum atomic E-state index is -0.426. The SMILES string of the molecule is NCC(O)C1=CC=CCC1. The molecular weight excluding hydrogens is 126 g/mol. The van der Waals surface area contributed by atoms with Crippen LogP contribution in [0.1, 0.15) is 12.8 Å². The summed E-state index contributed by atoms with van der Waals surface area (Å²) in [5.41, 5.74) is 6.35. The van der Waals surface area contributed by atoms with Crippen LogP contribution >= 0.6 is 0 Å². The van der Waals surface area contributed by atoms with Crippen molar-refractivity contribution in [2.75, 3.05) is 6.54 Å². The first-order chi connectivity index (χ1) is 4.84. The lowest BCUT2D eigenvalue weighted by Crippen LogP contribution is -2.22. The molecule has 0 saturated carbocycles. The van der Waals surface area contributed by atoms with Gasteiger partial charge in [-0.1, -0.05) is 18.2 Å². The van der Waals surface area contributed by atoms with Crippen molar-refractivity contribution < 1.29 is 5.11 Å². The molecule has 1 rings (SSSR count). The first-order valence-corrected chi connectivity index (χ1v) is 3.58. The molecular formula is C8H13NO. The van der Waals surface area contributed by atoms with Crippen LogP contribution in [0, 0.1) is 0 Å². The Bertz CT molecular complexity index is 161. The molecule has 2 nitrogen and oxygen atoms in total. The van der Waals surface area contributed by atoms with Gasteiger partial charge in [0.15, 0.2) is 0 Å². The van der Waals surface area contributed by atoms with Gasteiger partial charge in [-0.3, -0.25) is 0 Å². The standard InChI is InChI=1S/C8H13NO/c9-6-8(10)7-4-2-1-3-5-7/h1-2,4,8,10H,3,5-6,9H2. The van der Waals surface area contributed by atoms with Crippen LogP contribution in [0.15, 0.2) is 23.8 Å². The van der Waals surface area contributed by atoms with Crippen LogP contribution in [0.25, 0.3) is 0 Å². The molecule has 1 aliphatic rings. The van der Waals surface area contributed by atoms with Crippen molar-refractivity contribution in [3.8, 4) is 0 Å². The van der Waals surface area contributed by atoms with Crippen molar-refractivity contribution in [3.63, 3.8) is 0 Å². The minimum Gasteiger partial charge on any atom is -0.387 e. The summed E-state index contributed by atoms with van der Waals surface area (Å²) in [6.07, 6.45) is 7.56. The van der Waals surface area contributed by atoms with Crippen molar-refractivity contribution in [2.24, 2.45) is 5.73 Å². The van der Waals surface area contributed by atoms with E-state index in [4.69, 9.17) is 5.73 Å². The Morgan fingerprint density at radius 3 is 3.00 bits per heavy atom. The average molecular weight is 139 g/mol. The van der Waals surface area contributed by atoms with E-state index < -0.39 is 6.10 Å². The number of aliphatic hydroxyl groups is 1. The number of allylic oxidation sites excluding steroid dienone is 3. The van der Waals surface area contributed by atoms with E-state index in [1.54, 1.807) is 0 Å². The smallest absolute Gasteiger partial charge is 0.0875 e. The zero-order valence-electron chi connectivity index (χ0n) is 5.96. The predicted octanol–water partition coefficient (Wildman–Crippen LogP) is 0.582. The molecule has 1 unspecified atom stereocenters. The molecule has 3 N–H and O–H groups in total. The molecule has 0 aliphatic heterocycles. The fraction of sp³-hybridized carbons (Fsp3) is 0.500. The van der Waals surface area contributed by atoms with Gasteiger partial charge in [0.25, 0.3) is 0 Å². The zero-order valence-corrected chi connectivity index (χ0v) is 5.96. The average Bonchev–Trinajstić information content (AvgIpc) is 2.05. The molecule has 0 aromatic rings. The van der Waals surface area contributed by atoms with Gasteiger partial charge in [0, 0.05) is 6.54 Å². The quantitative estimate of drug-likeness (QED) is 0.588. The second-order valence-corrected chi connectivity index (χ2v) is 2.46. The Kier molecular flexibility index (Phi) is 2.66. The Hall–Kier alpha value is -0.600. The first-order valence-electron chi connectivity index (χ1n) is 3.58. The Labute approximate surface area is 61.0 Å². The molecule has 1 atom stereocenters. The fourth-order valence-corrected chi connectivity index (χ4v) is 1.05. The topological polar surface area (TPSA) is 46.2 Å². The van der Waals surface area contributed by atoms with Crippen LogP contribution in [0.4, 0.5) is 0 Å². The van der Waals surface area contributed by atoms with Crippen molar-refractivity contribution in [1.29, 1.82) is 0 Å². The third kappa shape index (κ3) is 1.69. The van der Waals surface area contributed by atoms with Crippen LogP contribution in [-0.4, -0.2) is 17.8 Å². The molecule has 10 heavy (non-hydrogen) atoms. The van der Waals surface area contributed by atoms with E-state index in [-0.39, 0.29) is 0 Å². The number of hydrogen-bond donors (Lipinski definition) is 2. The van der Waals surface area contributed by atoms with Crippen LogP contribution in [0.3, 0.4) is 0 Å². The summed E-state index contributed by atoms with van der Waals surface area (Å²) in [5, 5.41) is 9.26. The van der Waals surface area contributed by atoms with Gasteiger partial charge in [0.2, 0.25) is 0 Å². The summed E-state index contributed by atoms with van der Waals surface area (Å²) in [5.74, 6) is 0. The zero-order chi connectivity index (χ0) is 7.40. The molecule has 0 bridgehead atoms. The summed E-state index contributed by atoms with van der Waals surface area (Å²) < 4.78 is 0. The van der Waals surface area contributed by atoms with Gasteiger partial charge < -0.3 is 10.8 Å². The van der Waals surface area contributed by atoms with Gasteiger partial charge in [-0.2, -0.15) is 0 Å². The van der Waals surface area contributed by atoms with E-state index in [1.165, 1.54) is 0 Å². The van der Waals surface area contributed by atoms with E-state index in [9.17, 15) is 5.11 Å². The summed E-state index contributed by atoms with van der Waals surface area (Å²) in [4.78, 5) is 0. The van der Waals surface area contributed by atoms with Crippen molar-refractivity contribution in [1.82, 2.24) is 0 Å². The lowest BCUT2D eigenvalue weighted by Gasteiger charge is -2.13. The maximum Gasteiger partial charge on any atom is 0.0875 e. The lowest BCUT2D eigenvalue weighted by molar-refractivity contribution is 0.214. The Balaban J connectivity index is 2.53. The maximum absolute atomic E-state index is 9.26. The highest BCUT2D eigenvalue weighted by molar-refractivity contribution is 5.20. The second-order valence-electron chi connectivity index (χ2n) is 2.46. The predicted molar refractivity (Wildman–Crippen MR) is 41.5 cm³/mol. The molecule has 2 heteroatoms. The van der Waals surface area contributed by atoms with E-state index in [0.29, 0.717) is 6.54 Å². The van der Waals surface area contributed by atoms with Crippen molar-refractivity contribution in [3.05, 3.63) is 23.8 Å². The minimum absolute atomic E-state index is 0.333. The van der Waals surface area contributed by atoms with Gasteiger partial charge in [-0.15, -0.1) is 0 Å². The summed E-state index contributed by atoms with van der Waals surface area (Å²) in [6.45, 7) is 0.333. The van der Waals surface area contributed by atoms with Crippen LogP contribution in [-0.2, 0) is 0 Å². The van der Waals surface area contributed by atoms with Gasteiger partial charge in [0.05, 0.1) is 6.10 Å². The fourth-order valence-electron chi connectivity index (χ4n) is 1.05. The lowest BCUT2D eigenvalue weighted by atomic mass is 10.0. The van der Waals surface area contributed by atoms with Gasteiger partial charge in [-0.25, -0.2) is 0 Å². The number of rotatable bonds is 2. The maximum atomic E-state index is 9.26. The van der Waals surface area contributed by atoms with Gasteiger partial charge >= 0.3 is 0 Å². The molecule has 0 saturated heterocycles. The van der Waals surface area contributed by atoms with E-state index in [2.05, 4.69) is 6.08 Å². The third-order valence-corrected chi connectivity index (χ3v) is 1.70. The molecule has 0 radical (unpaired) electrons. The summed E-state index contributed by atoms with van der Waals surface area (Å²) in [6, 6.07) is 0. The largest absolute Gasteiger partial charge is 0.387 e. The van der Waals surface area contributed by atoms with E-state index in [0.717, 1.165) is 18.4 Å². The van der Waals surface area contributed by atoms with Crippen LogP contribution in [0.2, 0.25) is 0 Å². The number of aliphatic hydroxyl groups excluding tert-OH is 1. The van der Waals surface area contributed by atoms with E-state index >= 15 is 0 Å². The number of nitrogens with two attached hydrogens (primary N) is 1. The van der Waals surface area contributed by atoms with Crippen molar-refractivity contribution in [2.45, 2.75) is 18.9 Å². The monoisotopic (exact) mass is 139 g/mol. The van der Waals surface area contributed by atoms with Crippen LogP contribution in [0.5, 0.6) is 0 Å².